The molecule has 0 spiro atoms. The number of aliphatic hydroxyl groups is 1. The van der Waals surface area contributed by atoms with Gasteiger partial charge in [0.1, 0.15) is 5.82 Å². The number of carbonyl (C=O) groups is 1. The highest BCUT2D eigenvalue weighted by Gasteiger charge is 2.24. The zero-order valence-corrected chi connectivity index (χ0v) is 20.5. The van der Waals surface area contributed by atoms with Gasteiger partial charge < -0.3 is 19.9 Å². The fraction of sp³-hybridized carbons (Fsp3) is 0.423. The quantitative estimate of drug-likeness (QED) is 0.491. The summed E-state index contributed by atoms with van der Waals surface area (Å²) in [6.07, 6.45) is 0.956. The van der Waals surface area contributed by atoms with Crippen LogP contribution in [-0.2, 0) is 13.1 Å². The molecule has 1 aliphatic heterocycles. The largest absolute Gasteiger partial charge is 0.395 e. The van der Waals surface area contributed by atoms with Gasteiger partial charge in [-0.2, -0.15) is 0 Å². The second-order valence-electron chi connectivity index (χ2n) is 8.81. The van der Waals surface area contributed by atoms with Crippen molar-refractivity contribution in [1.29, 1.82) is 0 Å². The van der Waals surface area contributed by atoms with Gasteiger partial charge in [-0.25, -0.2) is 4.39 Å². The number of piperazine rings is 1. The first-order chi connectivity index (χ1) is 16.4. The van der Waals surface area contributed by atoms with Crippen molar-refractivity contribution < 1.29 is 14.3 Å². The lowest BCUT2D eigenvalue weighted by Crippen LogP contribution is -2.49. The lowest BCUT2D eigenvalue weighted by atomic mass is 10.1. The third-order valence-corrected chi connectivity index (χ3v) is 6.98. The van der Waals surface area contributed by atoms with Crippen molar-refractivity contribution in [2.45, 2.75) is 33.4 Å². The molecule has 0 radical (unpaired) electrons. The van der Waals surface area contributed by atoms with E-state index in [1.807, 2.05) is 24.0 Å². The number of fused-ring (bicyclic) bond motifs is 1. The van der Waals surface area contributed by atoms with Crippen LogP contribution in [0.1, 0.15) is 35.0 Å². The number of carbonyl (C=O) groups excluding carboxylic acids is 1. The molecule has 1 fully saturated rings. The highest BCUT2D eigenvalue weighted by Crippen LogP contribution is 2.37. The van der Waals surface area contributed by atoms with E-state index in [-0.39, 0.29) is 18.3 Å². The van der Waals surface area contributed by atoms with E-state index in [2.05, 4.69) is 21.7 Å². The lowest BCUT2D eigenvalue weighted by molar-refractivity contribution is 0.0615. The zero-order chi connectivity index (χ0) is 24.2. The molecular formula is C26H32ClFN4O2. The maximum absolute atomic E-state index is 13.4. The third-order valence-electron chi connectivity index (χ3n) is 6.50. The Hall–Kier alpha value is -2.61. The van der Waals surface area contributed by atoms with Gasteiger partial charge in [0.05, 0.1) is 22.8 Å². The van der Waals surface area contributed by atoms with Gasteiger partial charge in [0.2, 0.25) is 0 Å². The van der Waals surface area contributed by atoms with E-state index in [1.54, 1.807) is 12.1 Å². The number of aryl methyl sites for hydroxylation is 1. The number of β-amino-alcohol motifs (C(OH)–C–C–N with tert-alkyl or cyclic N) is 1. The van der Waals surface area contributed by atoms with Gasteiger partial charge in [-0.15, -0.1) is 0 Å². The number of aliphatic hydroxyl groups excluding tert-OH is 1. The summed E-state index contributed by atoms with van der Waals surface area (Å²) in [5.74, 6) is -0.288. The number of rotatable bonds is 8. The third kappa shape index (κ3) is 5.06. The molecule has 0 aliphatic carbocycles. The van der Waals surface area contributed by atoms with E-state index < -0.39 is 0 Å². The van der Waals surface area contributed by atoms with Crippen molar-refractivity contribution in [3.63, 3.8) is 0 Å². The molecule has 0 unspecified atom stereocenters. The summed E-state index contributed by atoms with van der Waals surface area (Å²) >= 11 is 6.76. The molecule has 2 aromatic carbocycles. The first kappa shape index (κ1) is 24.5. The van der Waals surface area contributed by atoms with Gasteiger partial charge in [-0.1, -0.05) is 30.7 Å². The van der Waals surface area contributed by atoms with E-state index in [1.165, 1.54) is 12.1 Å². The predicted molar refractivity (Wildman–Crippen MR) is 135 cm³/mol. The maximum Gasteiger partial charge on any atom is 0.254 e. The Morgan fingerprint density at radius 1 is 1.12 bits per heavy atom. The molecule has 1 aliphatic rings. The molecule has 0 atom stereocenters. The molecule has 34 heavy (non-hydrogen) atoms. The van der Waals surface area contributed by atoms with Crippen LogP contribution in [0.4, 0.5) is 10.1 Å². The minimum Gasteiger partial charge on any atom is -0.395 e. The molecule has 8 heteroatoms. The minimum absolute atomic E-state index is 0.0210. The van der Waals surface area contributed by atoms with E-state index in [9.17, 15) is 14.3 Å². The average Bonchev–Trinajstić information content (AvgIpc) is 3.09. The van der Waals surface area contributed by atoms with Gasteiger partial charge in [-0.3, -0.25) is 9.69 Å². The average molecular weight is 487 g/mol. The van der Waals surface area contributed by atoms with Crippen LogP contribution in [0.15, 0.2) is 36.4 Å². The normalized spacial score (nSPS) is 14.7. The summed E-state index contributed by atoms with van der Waals surface area (Å²) in [4.78, 5) is 17.5. The number of nitrogens with one attached hydrogen (secondary N) is 1. The van der Waals surface area contributed by atoms with E-state index in [4.69, 9.17) is 11.6 Å². The fourth-order valence-corrected chi connectivity index (χ4v) is 4.88. The van der Waals surface area contributed by atoms with Gasteiger partial charge in [0, 0.05) is 62.5 Å². The fourth-order valence-electron chi connectivity index (χ4n) is 4.63. The van der Waals surface area contributed by atoms with Crippen molar-refractivity contribution in [1.82, 2.24) is 14.4 Å². The number of benzene rings is 2. The molecule has 6 nitrogen and oxygen atoms in total. The highest BCUT2D eigenvalue weighted by atomic mass is 35.5. The number of anilines is 1. The van der Waals surface area contributed by atoms with Crippen molar-refractivity contribution in [2.24, 2.45) is 0 Å². The maximum atomic E-state index is 13.4. The summed E-state index contributed by atoms with van der Waals surface area (Å²) < 4.78 is 15.5. The number of halogens is 2. The van der Waals surface area contributed by atoms with Crippen LogP contribution in [-0.4, -0.2) is 64.7 Å². The molecule has 3 aromatic rings. The molecule has 1 amide bonds. The van der Waals surface area contributed by atoms with Crippen LogP contribution >= 0.6 is 11.6 Å². The summed E-state index contributed by atoms with van der Waals surface area (Å²) in [6, 6.07) is 10.2. The minimum atomic E-state index is -0.267. The molecule has 4 rings (SSSR count). The highest BCUT2D eigenvalue weighted by molar-refractivity contribution is 6.37. The zero-order valence-electron chi connectivity index (χ0n) is 19.8. The van der Waals surface area contributed by atoms with Crippen LogP contribution in [0.3, 0.4) is 0 Å². The standard InChI is InChI=1S/C26H32ClFN4O2/c1-3-8-32-18(2)24(27)22-15-20(26(34)31-11-9-30(10-12-31)13-14-33)16-23(25(22)32)29-17-19-4-6-21(28)7-5-19/h4-7,15-16,29,33H,3,8-14,17H2,1-2H3. The van der Waals surface area contributed by atoms with Gasteiger partial charge in [-0.05, 0) is 43.2 Å². The van der Waals surface area contributed by atoms with E-state index in [0.717, 1.165) is 53.9 Å². The number of aromatic nitrogens is 1. The Morgan fingerprint density at radius 3 is 2.47 bits per heavy atom. The van der Waals surface area contributed by atoms with E-state index in [0.29, 0.717) is 36.8 Å². The van der Waals surface area contributed by atoms with Crippen LogP contribution in [0, 0.1) is 12.7 Å². The summed E-state index contributed by atoms with van der Waals surface area (Å²) in [5.41, 5.74) is 4.34. The lowest BCUT2D eigenvalue weighted by Gasteiger charge is -2.34. The summed E-state index contributed by atoms with van der Waals surface area (Å²) in [7, 11) is 0. The second kappa shape index (κ2) is 10.8. The smallest absolute Gasteiger partial charge is 0.254 e. The molecule has 1 saturated heterocycles. The Balaban J connectivity index is 1.68. The van der Waals surface area contributed by atoms with Gasteiger partial charge in [0.25, 0.3) is 5.91 Å². The molecule has 1 aromatic heterocycles. The first-order valence-electron chi connectivity index (χ1n) is 11.9. The Kier molecular flexibility index (Phi) is 7.76. The van der Waals surface area contributed by atoms with Crippen molar-refractivity contribution in [3.8, 4) is 0 Å². The number of hydrogen-bond acceptors (Lipinski definition) is 4. The Morgan fingerprint density at radius 2 is 1.82 bits per heavy atom. The van der Waals surface area contributed by atoms with Crippen molar-refractivity contribution in [2.75, 3.05) is 44.6 Å². The molecule has 2 N–H and O–H groups in total. The molecular weight excluding hydrogens is 455 g/mol. The molecule has 0 bridgehead atoms. The number of nitrogens with zero attached hydrogens (tertiary/aromatic N) is 3. The molecule has 182 valence electrons. The van der Waals surface area contributed by atoms with Gasteiger partial charge in [0.15, 0.2) is 0 Å². The van der Waals surface area contributed by atoms with Crippen molar-refractivity contribution >= 4 is 34.1 Å². The molecule has 0 saturated carbocycles. The van der Waals surface area contributed by atoms with Crippen LogP contribution in [0.5, 0.6) is 0 Å². The number of amides is 1. The molecule has 2 heterocycles. The monoisotopic (exact) mass is 486 g/mol. The van der Waals surface area contributed by atoms with Crippen molar-refractivity contribution in [3.05, 3.63) is 64.1 Å². The summed E-state index contributed by atoms with van der Waals surface area (Å²) in [6.45, 7) is 8.95. The van der Waals surface area contributed by atoms with Gasteiger partial charge >= 0.3 is 0 Å². The van der Waals surface area contributed by atoms with Crippen LogP contribution < -0.4 is 5.32 Å². The number of hydrogen-bond donors (Lipinski definition) is 2. The van der Waals surface area contributed by atoms with Crippen LogP contribution in [0.25, 0.3) is 10.9 Å². The Labute approximate surface area is 204 Å². The predicted octanol–water partition coefficient (Wildman–Crippen LogP) is 4.51. The van der Waals surface area contributed by atoms with E-state index >= 15 is 0 Å². The topological polar surface area (TPSA) is 60.7 Å². The SMILES string of the molecule is CCCn1c(C)c(Cl)c2cc(C(=O)N3CCN(CCO)CC3)cc(NCc3ccc(F)cc3)c21. The first-order valence-corrected chi connectivity index (χ1v) is 12.2. The Bertz CT molecular complexity index is 1150. The summed E-state index contributed by atoms with van der Waals surface area (Å²) in [5, 5.41) is 14.2. The van der Waals surface area contributed by atoms with Crippen LogP contribution in [0.2, 0.25) is 5.02 Å². The second-order valence-corrected chi connectivity index (χ2v) is 9.19.